The predicted octanol–water partition coefficient (Wildman–Crippen LogP) is 3.71. The van der Waals surface area contributed by atoms with Crippen LogP contribution in [0.25, 0.3) is 0 Å². The van der Waals surface area contributed by atoms with Gasteiger partial charge in [-0.2, -0.15) is 0 Å². The van der Waals surface area contributed by atoms with E-state index in [0.717, 1.165) is 11.6 Å². The fraction of sp³-hybridized carbons (Fsp3) is 0.200. The minimum Gasteiger partial charge on any atom is -0.493 e. The Labute approximate surface area is 146 Å². The molecule has 0 heterocycles. The van der Waals surface area contributed by atoms with Gasteiger partial charge in [0.15, 0.2) is 0 Å². The van der Waals surface area contributed by atoms with Crippen molar-refractivity contribution >= 4 is 11.9 Å². The second-order valence-electron chi connectivity index (χ2n) is 5.28. The van der Waals surface area contributed by atoms with Crippen LogP contribution >= 0.6 is 0 Å². The summed E-state index contributed by atoms with van der Waals surface area (Å²) >= 11 is 0. The lowest BCUT2D eigenvalue weighted by Gasteiger charge is -2.11. The molecule has 5 heteroatoms. The van der Waals surface area contributed by atoms with Gasteiger partial charge in [0, 0.05) is 12.5 Å². The SMILES string of the molecule is C=CC(=O)OCCCOc1ccccc1C(=O)Oc1cccc(C)c1. The molecule has 0 aliphatic carbocycles. The van der Waals surface area contributed by atoms with E-state index in [-0.39, 0.29) is 6.61 Å². The maximum Gasteiger partial charge on any atom is 0.347 e. The molecule has 0 aliphatic rings. The Morgan fingerprint density at radius 2 is 1.88 bits per heavy atom. The van der Waals surface area contributed by atoms with Crippen molar-refractivity contribution in [2.24, 2.45) is 0 Å². The molecule has 0 unspecified atom stereocenters. The summed E-state index contributed by atoms with van der Waals surface area (Å²) in [5.74, 6) is -0.0484. The van der Waals surface area contributed by atoms with Crippen molar-refractivity contribution < 1.29 is 23.8 Å². The van der Waals surface area contributed by atoms with Crippen molar-refractivity contribution in [3.8, 4) is 11.5 Å². The zero-order valence-electron chi connectivity index (χ0n) is 14.1. The van der Waals surface area contributed by atoms with Crippen LogP contribution in [0, 0.1) is 6.92 Å². The van der Waals surface area contributed by atoms with Crippen LogP contribution in [0.4, 0.5) is 0 Å². The minimum absolute atomic E-state index is 0.223. The van der Waals surface area contributed by atoms with E-state index < -0.39 is 11.9 Å². The molecule has 0 saturated carbocycles. The van der Waals surface area contributed by atoms with Gasteiger partial charge in [0.1, 0.15) is 17.1 Å². The van der Waals surface area contributed by atoms with Gasteiger partial charge in [-0.05, 0) is 36.8 Å². The monoisotopic (exact) mass is 340 g/mol. The molecular formula is C20H20O5. The fourth-order valence-corrected chi connectivity index (χ4v) is 2.07. The van der Waals surface area contributed by atoms with Crippen molar-refractivity contribution in [3.05, 3.63) is 72.3 Å². The second-order valence-corrected chi connectivity index (χ2v) is 5.28. The van der Waals surface area contributed by atoms with E-state index in [0.29, 0.717) is 30.1 Å². The molecule has 0 radical (unpaired) electrons. The highest BCUT2D eigenvalue weighted by Gasteiger charge is 2.14. The molecule has 130 valence electrons. The van der Waals surface area contributed by atoms with Gasteiger partial charge in [-0.25, -0.2) is 9.59 Å². The smallest absolute Gasteiger partial charge is 0.347 e. The van der Waals surface area contributed by atoms with Crippen molar-refractivity contribution in [3.63, 3.8) is 0 Å². The van der Waals surface area contributed by atoms with Crippen LogP contribution in [-0.4, -0.2) is 25.2 Å². The molecule has 0 aromatic heterocycles. The van der Waals surface area contributed by atoms with Crippen LogP contribution in [0.5, 0.6) is 11.5 Å². The van der Waals surface area contributed by atoms with E-state index in [1.165, 1.54) is 0 Å². The van der Waals surface area contributed by atoms with Crippen LogP contribution in [0.1, 0.15) is 22.3 Å². The zero-order chi connectivity index (χ0) is 18.1. The molecule has 0 spiro atoms. The van der Waals surface area contributed by atoms with Gasteiger partial charge in [0.2, 0.25) is 0 Å². The first-order valence-electron chi connectivity index (χ1n) is 7.90. The number of carbonyl (C=O) groups is 2. The van der Waals surface area contributed by atoms with E-state index in [9.17, 15) is 9.59 Å². The summed E-state index contributed by atoms with van der Waals surface area (Å²) in [4.78, 5) is 23.3. The lowest BCUT2D eigenvalue weighted by atomic mass is 10.2. The summed E-state index contributed by atoms with van der Waals surface area (Å²) in [6.07, 6.45) is 1.61. The summed E-state index contributed by atoms with van der Waals surface area (Å²) in [7, 11) is 0. The van der Waals surface area contributed by atoms with Gasteiger partial charge >= 0.3 is 11.9 Å². The average molecular weight is 340 g/mol. The number of benzene rings is 2. The standard InChI is InChI=1S/C20H20O5/c1-3-19(21)24-13-7-12-23-18-11-5-4-10-17(18)20(22)25-16-9-6-8-15(2)14-16/h3-6,8-11,14H,1,7,12-13H2,2H3. The molecule has 0 atom stereocenters. The van der Waals surface area contributed by atoms with Crippen LogP contribution in [0.2, 0.25) is 0 Å². The maximum absolute atomic E-state index is 12.4. The highest BCUT2D eigenvalue weighted by molar-refractivity contribution is 5.94. The van der Waals surface area contributed by atoms with Crippen LogP contribution in [-0.2, 0) is 9.53 Å². The van der Waals surface area contributed by atoms with Crippen molar-refractivity contribution in [1.29, 1.82) is 0 Å². The summed E-state index contributed by atoms with van der Waals surface area (Å²) < 4.78 is 15.9. The Morgan fingerprint density at radius 3 is 2.64 bits per heavy atom. The number of para-hydroxylation sites is 1. The Kier molecular flexibility index (Phi) is 6.77. The number of ether oxygens (including phenoxy) is 3. The maximum atomic E-state index is 12.4. The Morgan fingerprint density at radius 1 is 1.08 bits per heavy atom. The van der Waals surface area contributed by atoms with Crippen LogP contribution in [0.15, 0.2) is 61.2 Å². The topological polar surface area (TPSA) is 61.8 Å². The molecule has 5 nitrogen and oxygen atoms in total. The second kappa shape index (κ2) is 9.27. The Bertz CT molecular complexity index is 751. The summed E-state index contributed by atoms with van der Waals surface area (Å²) in [5, 5.41) is 0. The van der Waals surface area contributed by atoms with Crippen molar-refractivity contribution in [2.75, 3.05) is 13.2 Å². The molecule has 2 rings (SSSR count). The number of carbonyl (C=O) groups excluding carboxylic acids is 2. The molecule has 0 saturated heterocycles. The molecule has 2 aromatic carbocycles. The Hall–Kier alpha value is -3.08. The molecule has 2 aromatic rings. The first-order valence-corrected chi connectivity index (χ1v) is 7.90. The van der Waals surface area contributed by atoms with Gasteiger partial charge in [-0.3, -0.25) is 0 Å². The van der Waals surface area contributed by atoms with E-state index >= 15 is 0 Å². The van der Waals surface area contributed by atoms with Gasteiger partial charge in [-0.1, -0.05) is 30.8 Å². The van der Waals surface area contributed by atoms with E-state index in [1.807, 2.05) is 19.1 Å². The van der Waals surface area contributed by atoms with Gasteiger partial charge < -0.3 is 14.2 Å². The fourth-order valence-electron chi connectivity index (χ4n) is 2.07. The van der Waals surface area contributed by atoms with Crippen LogP contribution < -0.4 is 9.47 Å². The largest absolute Gasteiger partial charge is 0.493 e. The Balaban J connectivity index is 1.94. The number of hydrogen-bond donors (Lipinski definition) is 0. The van der Waals surface area contributed by atoms with Gasteiger partial charge in [-0.15, -0.1) is 0 Å². The molecular weight excluding hydrogens is 320 g/mol. The number of esters is 2. The molecule has 0 N–H and O–H groups in total. The lowest BCUT2D eigenvalue weighted by Crippen LogP contribution is -2.12. The van der Waals surface area contributed by atoms with E-state index in [2.05, 4.69) is 6.58 Å². The van der Waals surface area contributed by atoms with Crippen molar-refractivity contribution in [1.82, 2.24) is 0 Å². The van der Waals surface area contributed by atoms with Gasteiger partial charge in [0.05, 0.1) is 13.2 Å². The molecule has 0 amide bonds. The predicted molar refractivity (Wildman–Crippen MR) is 93.8 cm³/mol. The average Bonchev–Trinajstić information content (AvgIpc) is 2.61. The third-order valence-electron chi connectivity index (χ3n) is 3.26. The summed E-state index contributed by atoms with van der Waals surface area (Å²) in [6.45, 7) is 5.77. The van der Waals surface area contributed by atoms with Gasteiger partial charge in [0.25, 0.3) is 0 Å². The third-order valence-corrected chi connectivity index (χ3v) is 3.26. The first-order chi connectivity index (χ1) is 12.1. The highest BCUT2D eigenvalue weighted by atomic mass is 16.5. The molecule has 0 fully saturated rings. The minimum atomic E-state index is -0.487. The number of rotatable bonds is 8. The number of aryl methyl sites for hydroxylation is 1. The first kappa shape index (κ1) is 18.3. The highest BCUT2D eigenvalue weighted by Crippen LogP contribution is 2.21. The van der Waals surface area contributed by atoms with Crippen molar-refractivity contribution in [2.45, 2.75) is 13.3 Å². The zero-order valence-corrected chi connectivity index (χ0v) is 14.1. The lowest BCUT2D eigenvalue weighted by molar-refractivity contribution is -0.137. The van der Waals surface area contributed by atoms with Crippen LogP contribution in [0.3, 0.4) is 0 Å². The summed E-state index contributed by atoms with van der Waals surface area (Å²) in [5.41, 5.74) is 1.34. The molecule has 0 aliphatic heterocycles. The van der Waals surface area contributed by atoms with E-state index in [1.54, 1.807) is 36.4 Å². The number of hydrogen-bond acceptors (Lipinski definition) is 5. The third kappa shape index (κ3) is 5.80. The summed E-state index contributed by atoms with van der Waals surface area (Å²) in [6, 6.07) is 14.1. The molecule has 0 bridgehead atoms. The normalized spacial score (nSPS) is 9.96. The molecule has 25 heavy (non-hydrogen) atoms. The van der Waals surface area contributed by atoms with E-state index in [4.69, 9.17) is 14.2 Å². The quantitative estimate of drug-likeness (QED) is 0.317.